The molecule has 116 valence electrons. The molecule has 5 heteroatoms. The van der Waals surface area contributed by atoms with Gasteiger partial charge in [0, 0.05) is 26.7 Å². The van der Waals surface area contributed by atoms with Gasteiger partial charge in [0.25, 0.3) is 0 Å². The highest BCUT2D eigenvalue weighted by Crippen LogP contribution is 2.36. The first-order chi connectivity index (χ1) is 9.46. The number of carboxylic acid groups (broad SMARTS) is 1. The molecule has 1 heterocycles. The number of likely N-dealkylation sites (tertiary alicyclic amines) is 1. The van der Waals surface area contributed by atoms with E-state index >= 15 is 0 Å². The van der Waals surface area contributed by atoms with Crippen LogP contribution in [-0.4, -0.2) is 53.6 Å². The van der Waals surface area contributed by atoms with Gasteiger partial charge in [0.1, 0.15) is 0 Å². The highest BCUT2D eigenvalue weighted by Gasteiger charge is 2.41. The van der Waals surface area contributed by atoms with Crippen LogP contribution in [0.5, 0.6) is 0 Å². The number of aliphatic carboxylic acids is 1. The average Bonchev–Trinajstić information content (AvgIpc) is 2.44. The van der Waals surface area contributed by atoms with Gasteiger partial charge < -0.3 is 14.9 Å². The summed E-state index contributed by atoms with van der Waals surface area (Å²) >= 11 is 0. The van der Waals surface area contributed by atoms with E-state index in [1.807, 2.05) is 14.0 Å². The zero-order valence-corrected chi connectivity index (χ0v) is 13.0. The number of carbonyl (C=O) groups excluding carboxylic acids is 1. The number of urea groups is 1. The smallest absolute Gasteiger partial charge is 0.319 e. The van der Waals surface area contributed by atoms with Crippen molar-refractivity contribution < 1.29 is 14.7 Å². The fourth-order valence-electron chi connectivity index (χ4n) is 2.91. The van der Waals surface area contributed by atoms with Crippen LogP contribution in [0.1, 0.15) is 52.4 Å². The molecule has 1 N–H and O–H groups in total. The van der Waals surface area contributed by atoms with Crippen molar-refractivity contribution in [2.24, 2.45) is 5.41 Å². The van der Waals surface area contributed by atoms with E-state index in [-0.39, 0.29) is 6.03 Å². The topological polar surface area (TPSA) is 60.9 Å². The van der Waals surface area contributed by atoms with Crippen LogP contribution >= 0.6 is 0 Å². The number of carbonyl (C=O) groups is 2. The molecule has 0 bridgehead atoms. The van der Waals surface area contributed by atoms with Crippen molar-refractivity contribution in [2.75, 3.05) is 26.7 Å². The average molecular weight is 284 g/mol. The van der Waals surface area contributed by atoms with Crippen molar-refractivity contribution in [1.29, 1.82) is 0 Å². The Morgan fingerprint density at radius 2 is 1.80 bits per heavy atom. The van der Waals surface area contributed by atoms with Crippen LogP contribution in [-0.2, 0) is 4.79 Å². The second-order valence-electron chi connectivity index (χ2n) is 5.88. The summed E-state index contributed by atoms with van der Waals surface area (Å²) in [6.45, 7) is 6.00. The lowest BCUT2D eigenvalue weighted by Crippen LogP contribution is -2.50. The van der Waals surface area contributed by atoms with Gasteiger partial charge in [-0.3, -0.25) is 4.79 Å². The largest absolute Gasteiger partial charge is 0.481 e. The van der Waals surface area contributed by atoms with E-state index in [4.69, 9.17) is 0 Å². The van der Waals surface area contributed by atoms with E-state index in [1.165, 1.54) is 0 Å². The number of hydrogen-bond donors (Lipinski definition) is 1. The third kappa shape index (κ3) is 3.87. The van der Waals surface area contributed by atoms with Gasteiger partial charge in [-0.05, 0) is 25.7 Å². The quantitative estimate of drug-likeness (QED) is 0.816. The molecule has 1 fully saturated rings. The van der Waals surface area contributed by atoms with Crippen LogP contribution < -0.4 is 0 Å². The highest BCUT2D eigenvalue weighted by atomic mass is 16.4. The predicted molar refractivity (Wildman–Crippen MR) is 78.7 cm³/mol. The Bertz CT molecular complexity index is 336. The molecule has 0 unspecified atom stereocenters. The molecule has 0 spiro atoms. The summed E-state index contributed by atoms with van der Waals surface area (Å²) < 4.78 is 0. The summed E-state index contributed by atoms with van der Waals surface area (Å²) in [6, 6.07) is 0.0361. The SMILES string of the molecule is CCCCN(C)C(=O)N1CCC(CCC)(C(=O)O)CC1. The normalized spacial score (nSPS) is 17.9. The molecule has 1 saturated heterocycles. The number of rotatable bonds is 6. The molecule has 1 aliphatic heterocycles. The number of amides is 2. The zero-order chi connectivity index (χ0) is 15.2. The molecule has 0 atom stereocenters. The maximum atomic E-state index is 12.2. The predicted octanol–water partition coefficient (Wildman–Crippen LogP) is 2.81. The molecule has 0 aromatic heterocycles. The number of nitrogens with zero attached hydrogens (tertiary/aromatic N) is 2. The van der Waals surface area contributed by atoms with Gasteiger partial charge in [0.15, 0.2) is 0 Å². The summed E-state index contributed by atoms with van der Waals surface area (Å²) in [6.07, 6.45) is 4.79. The van der Waals surface area contributed by atoms with E-state index in [2.05, 4.69) is 6.92 Å². The van der Waals surface area contributed by atoms with Crippen LogP contribution in [0.2, 0.25) is 0 Å². The van der Waals surface area contributed by atoms with Crippen LogP contribution in [0.25, 0.3) is 0 Å². The third-order valence-electron chi connectivity index (χ3n) is 4.35. The molecular weight excluding hydrogens is 256 g/mol. The third-order valence-corrected chi connectivity index (χ3v) is 4.35. The Hall–Kier alpha value is -1.26. The van der Waals surface area contributed by atoms with Crippen molar-refractivity contribution in [2.45, 2.75) is 52.4 Å². The molecule has 0 saturated carbocycles. The van der Waals surface area contributed by atoms with Crippen LogP contribution in [0.3, 0.4) is 0 Å². The van der Waals surface area contributed by atoms with E-state index in [0.29, 0.717) is 32.4 Å². The molecule has 0 aromatic carbocycles. The summed E-state index contributed by atoms with van der Waals surface area (Å²) in [5.74, 6) is -0.703. The number of hydrogen-bond acceptors (Lipinski definition) is 2. The molecule has 1 aliphatic rings. The van der Waals surface area contributed by atoms with E-state index in [1.54, 1.807) is 9.80 Å². The molecule has 0 aromatic rings. The number of piperidine rings is 1. The van der Waals surface area contributed by atoms with E-state index < -0.39 is 11.4 Å². The van der Waals surface area contributed by atoms with Gasteiger partial charge in [-0.25, -0.2) is 4.79 Å². The Balaban J connectivity index is 2.56. The maximum Gasteiger partial charge on any atom is 0.319 e. The van der Waals surface area contributed by atoms with Gasteiger partial charge in [0.2, 0.25) is 0 Å². The number of carboxylic acids is 1. The molecule has 5 nitrogen and oxygen atoms in total. The first-order valence-corrected chi connectivity index (χ1v) is 7.70. The first-order valence-electron chi connectivity index (χ1n) is 7.70. The van der Waals surface area contributed by atoms with Crippen LogP contribution in [0.4, 0.5) is 4.79 Å². The monoisotopic (exact) mass is 284 g/mol. The van der Waals surface area contributed by atoms with Crippen LogP contribution in [0, 0.1) is 5.41 Å². The van der Waals surface area contributed by atoms with Crippen molar-refractivity contribution >= 4 is 12.0 Å². The Labute approximate surface area is 121 Å². The van der Waals surface area contributed by atoms with Gasteiger partial charge >= 0.3 is 12.0 Å². The Morgan fingerprint density at radius 1 is 1.20 bits per heavy atom. The minimum absolute atomic E-state index is 0.0361. The molecule has 1 rings (SSSR count). The van der Waals surface area contributed by atoms with Crippen molar-refractivity contribution in [3.8, 4) is 0 Å². The second-order valence-corrected chi connectivity index (χ2v) is 5.88. The molecule has 2 amide bonds. The standard InChI is InChI=1S/C15H28N2O3/c1-4-6-10-16(3)14(20)17-11-8-15(7-5-2,9-12-17)13(18)19/h4-12H2,1-3H3,(H,18,19). The fourth-order valence-corrected chi connectivity index (χ4v) is 2.91. The lowest BCUT2D eigenvalue weighted by molar-refractivity contribution is -0.152. The molecule has 20 heavy (non-hydrogen) atoms. The van der Waals surface area contributed by atoms with Crippen molar-refractivity contribution in [3.63, 3.8) is 0 Å². The van der Waals surface area contributed by atoms with Gasteiger partial charge in [-0.1, -0.05) is 26.7 Å². The zero-order valence-electron chi connectivity index (χ0n) is 13.0. The Morgan fingerprint density at radius 3 is 2.25 bits per heavy atom. The van der Waals surface area contributed by atoms with Crippen LogP contribution in [0.15, 0.2) is 0 Å². The molecule has 0 radical (unpaired) electrons. The fraction of sp³-hybridized carbons (Fsp3) is 0.867. The van der Waals surface area contributed by atoms with Crippen molar-refractivity contribution in [3.05, 3.63) is 0 Å². The van der Waals surface area contributed by atoms with Gasteiger partial charge in [0.05, 0.1) is 5.41 Å². The molecular formula is C15H28N2O3. The van der Waals surface area contributed by atoms with E-state index in [9.17, 15) is 14.7 Å². The van der Waals surface area contributed by atoms with Gasteiger partial charge in [-0.2, -0.15) is 0 Å². The number of unbranched alkanes of at least 4 members (excludes halogenated alkanes) is 1. The van der Waals surface area contributed by atoms with Crippen molar-refractivity contribution in [1.82, 2.24) is 9.80 Å². The summed E-state index contributed by atoms with van der Waals surface area (Å²) in [4.78, 5) is 27.3. The minimum Gasteiger partial charge on any atom is -0.481 e. The highest BCUT2D eigenvalue weighted by molar-refractivity contribution is 5.77. The second kappa shape index (κ2) is 7.50. The first kappa shape index (κ1) is 16.8. The maximum absolute atomic E-state index is 12.2. The minimum atomic E-state index is -0.703. The summed E-state index contributed by atoms with van der Waals surface area (Å²) in [5, 5.41) is 9.46. The van der Waals surface area contributed by atoms with E-state index in [0.717, 1.165) is 25.8 Å². The summed E-state index contributed by atoms with van der Waals surface area (Å²) in [7, 11) is 1.82. The Kier molecular flexibility index (Phi) is 6.30. The summed E-state index contributed by atoms with van der Waals surface area (Å²) in [5.41, 5.74) is -0.618. The molecule has 0 aliphatic carbocycles. The van der Waals surface area contributed by atoms with Gasteiger partial charge in [-0.15, -0.1) is 0 Å². The lowest BCUT2D eigenvalue weighted by atomic mass is 9.75. The lowest BCUT2D eigenvalue weighted by Gasteiger charge is -2.40.